The van der Waals surface area contributed by atoms with Crippen LogP contribution in [0.5, 0.6) is 11.5 Å². The fourth-order valence-corrected chi connectivity index (χ4v) is 3.76. The highest BCUT2D eigenvalue weighted by Crippen LogP contribution is 2.40. The first-order valence-electron chi connectivity index (χ1n) is 6.73. The molecule has 1 atom stereocenters. The van der Waals surface area contributed by atoms with E-state index >= 15 is 0 Å². The van der Waals surface area contributed by atoms with Gasteiger partial charge in [-0.3, -0.25) is 0 Å². The van der Waals surface area contributed by atoms with Crippen molar-refractivity contribution in [2.45, 2.75) is 24.5 Å². The van der Waals surface area contributed by atoms with Crippen LogP contribution in [-0.4, -0.2) is 30.3 Å². The third-order valence-corrected chi connectivity index (χ3v) is 5.21. The third kappa shape index (κ3) is 2.71. The minimum atomic E-state index is 0.319. The molecule has 1 saturated heterocycles. The second-order valence-corrected chi connectivity index (χ2v) is 7.02. The number of ether oxygens (including phenoxy) is 2. The molecule has 5 heteroatoms. The lowest BCUT2D eigenvalue weighted by Gasteiger charge is -2.25. The zero-order valence-electron chi connectivity index (χ0n) is 11.2. The Morgan fingerprint density at radius 1 is 1.32 bits per heavy atom. The molecule has 4 nitrogen and oxygen atoms in total. The normalized spacial score (nSPS) is 25.3. The van der Waals surface area contributed by atoms with Crippen molar-refractivity contribution in [3.8, 4) is 11.5 Å². The van der Waals surface area contributed by atoms with E-state index in [1.807, 2.05) is 23.9 Å². The number of benzene rings is 1. The molecule has 0 radical (unpaired) electrons. The van der Waals surface area contributed by atoms with Crippen molar-refractivity contribution in [3.63, 3.8) is 0 Å². The van der Waals surface area contributed by atoms with Crippen molar-refractivity contribution >= 4 is 23.1 Å². The van der Waals surface area contributed by atoms with Gasteiger partial charge in [0.2, 0.25) is 0 Å². The van der Waals surface area contributed by atoms with E-state index in [4.69, 9.17) is 15.2 Å². The van der Waals surface area contributed by atoms with Gasteiger partial charge in [-0.05, 0) is 25.5 Å². The summed E-state index contributed by atoms with van der Waals surface area (Å²) in [7, 11) is 0. The van der Waals surface area contributed by atoms with Crippen molar-refractivity contribution in [2.24, 2.45) is 0 Å². The van der Waals surface area contributed by atoms with Gasteiger partial charge in [0.15, 0.2) is 11.5 Å². The van der Waals surface area contributed by atoms with E-state index < -0.39 is 0 Å². The first-order valence-corrected chi connectivity index (χ1v) is 7.72. The zero-order valence-corrected chi connectivity index (χ0v) is 12.0. The Balaban J connectivity index is 1.73. The molecule has 104 valence electrons. The van der Waals surface area contributed by atoms with E-state index in [-0.39, 0.29) is 0 Å². The molecule has 0 aromatic heterocycles. The van der Waals surface area contributed by atoms with Gasteiger partial charge in [-0.2, -0.15) is 11.8 Å². The molecule has 2 aliphatic rings. The van der Waals surface area contributed by atoms with Crippen LogP contribution in [0, 0.1) is 0 Å². The Morgan fingerprint density at radius 2 is 2.05 bits per heavy atom. The number of hydrogen-bond acceptors (Lipinski definition) is 5. The number of nitrogen functional groups attached to an aromatic ring is 1. The largest absolute Gasteiger partial charge is 0.486 e. The first kappa shape index (κ1) is 12.8. The number of nitrogens with one attached hydrogen (secondary N) is 1. The van der Waals surface area contributed by atoms with Crippen molar-refractivity contribution in [2.75, 3.05) is 36.6 Å². The third-order valence-electron chi connectivity index (χ3n) is 3.67. The topological polar surface area (TPSA) is 56.5 Å². The molecule has 0 aliphatic carbocycles. The number of fused-ring (bicyclic) bond motifs is 1. The molecule has 1 aromatic rings. The number of anilines is 2. The summed E-state index contributed by atoms with van der Waals surface area (Å²) in [5.74, 6) is 2.79. The fraction of sp³-hybridized carbons (Fsp3) is 0.571. The molecule has 1 unspecified atom stereocenters. The van der Waals surface area contributed by atoms with Gasteiger partial charge in [0, 0.05) is 23.4 Å². The monoisotopic (exact) mass is 280 g/mol. The highest BCUT2D eigenvalue weighted by Gasteiger charge is 2.29. The average molecular weight is 280 g/mol. The predicted octanol–water partition coefficient (Wildman–Crippen LogP) is 2.74. The van der Waals surface area contributed by atoms with E-state index in [0.29, 0.717) is 18.0 Å². The summed E-state index contributed by atoms with van der Waals surface area (Å²) in [5.41, 5.74) is 7.73. The number of thioether (sulfide) groups is 1. The fourth-order valence-electron chi connectivity index (χ4n) is 2.52. The summed E-state index contributed by atoms with van der Waals surface area (Å²) in [6.45, 7) is 4.44. The number of hydrogen-bond donors (Lipinski definition) is 2. The summed E-state index contributed by atoms with van der Waals surface area (Å²) in [4.78, 5) is 0. The maximum absolute atomic E-state index is 6.07. The lowest BCUT2D eigenvalue weighted by Crippen LogP contribution is -2.27. The van der Waals surface area contributed by atoms with Crippen LogP contribution in [0.4, 0.5) is 11.4 Å². The van der Waals surface area contributed by atoms with Crippen molar-refractivity contribution in [1.29, 1.82) is 0 Å². The van der Waals surface area contributed by atoms with Crippen LogP contribution in [0.2, 0.25) is 0 Å². The molecular formula is C14H20N2O2S. The van der Waals surface area contributed by atoms with Gasteiger partial charge in [0.25, 0.3) is 0 Å². The number of rotatable bonds is 3. The van der Waals surface area contributed by atoms with Gasteiger partial charge < -0.3 is 20.5 Å². The average Bonchev–Trinajstić information content (AvgIpc) is 2.84. The van der Waals surface area contributed by atoms with Gasteiger partial charge in [-0.15, -0.1) is 0 Å². The van der Waals surface area contributed by atoms with Crippen molar-refractivity contribution < 1.29 is 9.47 Å². The van der Waals surface area contributed by atoms with Crippen molar-refractivity contribution in [1.82, 2.24) is 0 Å². The zero-order chi connectivity index (χ0) is 13.3. The molecule has 0 spiro atoms. The predicted molar refractivity (Wildman–Crippen MR) is 80.4 cm³/mol. The summed E-state index contributed by atoms with van der Waals surface area (Å²) in [5, 5.41) is 3.46. The van der Waals surface area contributed by atoms with E-state index in [9.17, 15) is 0 Å². The van der Waals surface area contributed by atoms with E-state index in [1.54, 1.807) is 0 Å². The minimum Gasteiger partial charge on any atom is -0.486 e. The van der Waals surface area contributed by atoms with Crippen LogP contribution in [0.15, 0.2) is 12.1 Å². The smallest absolute Gasteiger partial charge is 0.163 e. The Bertz CT molecular complexity index is 473. The van der Waals surface area contributed by atoms with Gasteiger partial charge in [-0.1, -0.05) is 0 Å². The second kappa shape index (κ2) is 5.04. The molecule has 0 amide bonds. The second-order valence-electron chi connectivity index (χ2n) is 5.34. The van der Waals surface area contributed by atoms with Gasteiger partial charge in [0.05, 0.1) is 11.4 Å². The standard InChI is InChI=1S/C14H20N2O2S/c1-14(3-2-6-19-14)9-16-11-8-13-12(7-10(11)15)17-4-5-18-13/h7-8,16H,2-6,9,15H2,1H3. The highest BCUT2D eigenvalue weighted by molar-refractivity contribution is 8.00. The molecule has 1 aromatic carbocycles. The van der Waals surface area contributed by atoms with Crippen LogP contribution < -0.4 is 20.5 Å². The van der Waals surface area contributed by atoms with Crippen molar-refractivity contribution in [3.05, 3.63) is 12.1 Å². The summed E-state index contributed by atoms with van der Waals surface area (Å²) in [6.07, 6.45) is 2.56. The van der Waals surface area contributed by atoms with E-state index in [2.05, 4.69) is 12.2 Å². The summed E-state index contributed by atoms with van der Waals surface area (Å²) in [6, 6.07) is 3.80. The molecule has 2 heterocycles. The Labute approximate surface area is 118 Å². The van der Waals surface area contributed by atoms with Crippen LogP contribution in [0.1, 0.15) is 19.8 Å². The molecule has 2 aliphatic heterocycles. The maximum atomic E-state index is 6.07. The van der Waals surface area contributed by atoms with Crippen LogP contribution in [-0.2, 0) is 0 Å². The molecule has 1 fully saturated rings. The molecule has 0 bridgehead atoms. The quantitative estimate of drug-likeness (QED) is 0.834. The summed E-state index contributed by atoms with van der Waals surface area (Å²) < 4.78 is 11.4. The van der Waals surface area contributed by atoms with Gasteiger partial charge in [0.1, 0.15) is 13.2 Å². The minimum absolute atomic E-state index is 0.319. The van der Waals surface area contributed by atoms with Crippen LogP contribution in [0.25, 0.3) is 0 Å². The SMILES string of the molecule is CC1(CNc2cc3c(cc2N)OCCO3)CCCS1. The van der Waals surface area contributed by atoms with E-state index in [0.717, 1.165) is 29.4 Å². The van der Waals surface area contributed by atoms with Crippen LogP contribution >= 0.6 is 11.8 Å². The lowest BCUT2D eigenvalue weighted by molar-refractivity contribution is 0.172. The van der Waals surface area contributed by atoms with E-state index in [1.165, 1.54) is 18.6 Å². The first-order chi connectivity index (χ1) is 9.16. The molecule has 19 heavy (non-hydrogen) atoms. The summed E-state index contributed by atoms with van der Waals surface area (Å²) >= 11 is 2.04. The molecule has 0 saturated carbocycles. The highest BCUT2D eigenvalue weighted by atomic mass is 32.2. The molecular weight excluding hydrogens is 260 g/mol. The van der Waals surface area contributed by atoms with Gasteiger partial charge in [-0.25, -0.2) is 0 Å². The Morgan fingerprint density at radius 3 is 2.74 bits per heavy atom. The number of nitrogens with two attached hydrogens (primary N) is 1. The lowest BCUT2D eigenvalue weighted by atomic mass is 10.1. The van der Waals surface area contributed by atoms with Gasteiger partial charge >= 0.3 is 0 Å². The Hall–Kier alpha value is -1.23. The molecule has 3 rings (SSSR count). The Kier molecular flexibility index (Phi) is 3.39. The molecule has 3 N–H and O–H groups in total. The maximum Gasteiger partial charge on any atom is 0.163 e. The van der Waals surface area contributed by atoms with Crippen LogP contribution in [0.3, 0.4) is 0 Å².